The number of nitrogens with one attached hydrogen (secondary N) is 2. The number of unbranched alkanes of at least 4 members (excludes halogenated alkanes) is 2. The van der Waals surface area contributed by atoms with E-state index in [2.05, 4.69) is 22.7 Å². The number of rotatable bonds is 9. The van der Waals surface area contributed by atoms with Gasteiger partial charge in [-0.25, -0.2) is 4.68 Å². The molecule has 2 N–H and O–H groups in total. The molecule has 0 atom stereocenters. The second-order valence-electron chi connectivity index (χ2n) is 7.14. The lowest BCUT2D eigenvalue weighted by molar-refractivity contribution is -0.119. The summed E-state index contributed by atoms with van der Waals surface area (Å²) in [6, 6.07) is 13.7. The van der Waals surface area contributed by atoms with Crippen molar-refractivity contribution in [1.29, 1.82) is 0 Å². The van der Waals surface area contributed by atoms with E-state index in [1.807, 2.05) is 0 Å². The Balaban J connectivity index is 1.84. The first-order valence-corrected chi connectivity index (χ1v) is 10.2. The number of carbonyl (C=O) groups is 2. The zero-order valence-electron chi connectivity index (χ0n) is 17.7. The van der Waals surface area contributed by atoms with Crippen molar-refractivity contribution in [2.24, 2.45) is 0 Å². The number of carbonyl (C=O) groups excluding carboxylic acids is 2. The van der Waals surface area contributed by atoms with Gasteiger partial charge in [-0.2, -0.15) is 5.10 Å². The number of hydrogen-bond donors (Lipinski definition) is 2. The van der Waals surface area contributed by atoms with Crippen LogP contribution in [0.3, 0.4) is 0 Å². The maximum Gasteiger partial charge on any atom is 0.276 e. The molecule has 1 heterocycles. The lowest BCUT2D eigenvalue weighted by Gasteiger charge is -2.12. The molecule has 0 aliphatic heterocycles. The summed E-state index contributed by atoms with van der Waals surface area (Å²) < 4.78 is 6.16. The van der Waals surface area contributed by atoms with Gasteiger partial charge >= 0.3 is 0 Å². The molecule has 162 valence electrons. The summed E-state index contributed by atoms with van der Waals surface area (Å²) >= 11 is 0. The van der Waals surface area contributed by atoms with E-state index in [0.29, 0.717) is 28.7 Å². The number of anilines is 2. The molecule has 0 unspecified atom stereocenters. The van der Waals surface area contributed by atoms with Crippen LogP contribution in [-0.4, -0.2) is 35.3 Å². The van der Waals surface area contributed by atoms with E-state index in [0.717, 1.165) is 19.3 Å². The van der Waals surface area contributed by atoms with Gasteiger partial charge in [0.15, 0.2) is 5.69 Å². The third kappa shape index (κ3) is 5.55. The molecule has 0 saturated heterocycles. The van der Waals surface area contributed by atoms with E-state index in [4.69, 9.17) is 4.74 Å². The predicted molar refractivity (Wildman–Crippen MR) is 120 cm³/mol. The summed E-state index contributed by atoms with van der Waals surface area (Å²) in [7, 11) is 1.45. The Morgan fingerprint density at radius 2 is 1.61 bits per heavy atom. The second-order valence-corrected chi connectivity index (χ2v) is 7.14. The normalized spacial score (nSPS) is 10.8. The molecule has 2 aromatic carbocycles. The molecule has 8 heteroatoms. The standard InChI is InChI=1S/C23H26N4O4/c1-3-4-7-14-27-23(30)19-9-6-5-8-18(19)21(26-27)22(29)25-17-12-10-16(11-13-17)24-20(28)15-31-2/h5-6,8-13H,3-4,7,14-15H2,1-2H3,(H,24,28)(H,25,29). The molecule has 0 fully saturated rings. The minimum Gasteiger partial charge on any atom is -0.375 e. The third-order valence-electron chi connectivity index (χ3n) is 4.76. The van der Waals surface area contributed by atoms with Crippen molar-refractivity contribution in [1.82, 2.24) is 9.78 Å². The number of aryl methyl sites for hydroxylation is 1. The zero-order valence-corrected chi connectivity index (χ0v) is 17.7. The summed E-state index contributed by atoms with van der Waals surface area (Å²) in [6.45, 7) is 2.52. The highest BCUT2D eigenvalue weighted by atomic mass is 16.5. The van der Waals surface area contributed by atoms with E-state index in [1.54, 1.807) is 48.5 Å². The van der Waals surface area contributed by atoms with Crippen LogP contribution in [0.15, 0.2) is 53.3 Å². The average molecular weight is 422 g/mol. The molecule has 3 rings (SSSR count). The van der Waals surface area contributed by atoms with Gasteiger partial charge in [0.25, 0.3) is 11.5 Å². The Labute approximate surface area is 180 Å². The first-order chi connectivity index (χ1) is 15.0. The smallest absolute Gasteiger partial charge is 0.276 e. The van der Waals surface area contributed by atoms with Crippen molar-refractivity contribution >= 4 is 34.0 Å². The zero-order chi connectivity index (χ0) is 22.2. The van der Waals surface area contributed by atoms with Gasteiger partial charge in [0, 0.05) is 30.4 Å². The van der Waals surface area contributed by atoms with Crippen LogP contribution in [0.1, 0.15) is 36.7 Å². The Hall–Kier alpha value is -3.52. The van der Waals surface area contributed by atoms with Crippen LogP contribution in [0.2, 0.25) is 0 Å². The number of nitrogens with zero attached hydrogens (tertiary/aromatic N) is 2. The highest BCUT2D eigenvalue weighted by molar-refractivity contribution is 6.11. The molecule has 2 amide bonds. The Morgan fingerprint density at radius 3 is 2.26 bits per heavy atom. The average Bonchev–Trinajstić information content (AvgIpc) is 2.77. The number of aromatic nitrogens is 2. The third-order valence-corrected chi connectivity index (χ3v) is 4.76. The van der Waals surface area contributed by atoms with Crippen molar-refractivity contribution in [3.63, 3.8) is 0 Å². The van der Waals surface area contributed by atoms with Gasteiger partial charge < -0.3 is 15.4 Å². The number of benzene rings is 2. The van der Waals surface area contributed by atoms with Crippen LogP contribution in [0.5, 0.6) is 0 Å². The number of amides is 2. The number of methoxy groups -OCH3 is 1. The minimum atomic E-state index is -0.406. The van der Waals surface area contributed by atoms with Crippen molar-refractivity contribution in [3.8, 4) is 0 Å². The number of fused-ring (bicyclic) bond motifs is 1. The van der Waals surface area contributed by atoms with Gasteiger partial charge in [-0.05, 0) is 36.8 Å². The molecule has 3 aromatic rings. The van der Waals surface area contributed by atoms with Gasteiger partial charge in [0.1, 0.15) is 6.61 Å². The van der Waals surface area contributed by atoms with E-state index < -0.39 is 5.91 Å². The SMILES string of the molecule is CCCCCn1nc(C(=O)Nc2ccc(NC(=O)COC)cc2)c2ccccc2c1=O. The Kier molecular flexibility index (Phi) is 7.50. The summed E-state index contributed by atoms with van der Waals surface area (Å²) in [6.07, 6.45) is 2.83. The molecule has 0 bridgehead atoms. The molecular weight excluding hydrogens is 396 g/mol. The molecule has 8 nitrogen and oxygen atoms in total. The maximum atomic E-state index is 13.0. The van der Waals surface area contributed by atoms with Crippen LogP contribution in [-0.2, 0) is 16.1 Å². The first kappa shape index (κ1) is 22.2. The molecule has 1 aromatic heterocycles. The first-order valence-electron chi connectivity index (χ1n) is 10.2. The largest absolute Gasteiger partial charge is 0.375 e. The lowest BCUT2D eigenvalue weighted by Crippen LogP contribution is -2.27. The fourth-order valence-corrected chi connectivity index (χ4v) is 3.22. The van der Waals surface area contributed by atoms with Gasteiger partial charge in [-0.1, -0.05) is 38.0 Å². The van der Waals surface area contributed by atoms with Crippen LogP contribution >= 0.6 is 0 Å². The van der Waals surface area contributed by atoms with Crippen LogP contribution in [0, 0.1) is 0 Å². The summed E-state index contributed by atoms with van der Waals surface area (Å²) in [5, 5.41) is 10.9. The highest BCUT2D eigenvalue weighted by Gasteiger charge is 2.17. The summed E-state index contributed by atoms with van der Waals surface area (Å²) in [4.78, 5) is 37.3. The molecule has 0 aliphatic rings. The summed E-state index contributed by atoms with van der Waals surface area (Å²) in [5.41, 5.74) is 1.14. The molecular formula is C23H26N4O4. The lowest BCUT2D eigenvalue weighted by atomic mass is 10.1. The monoisotopic (exact) mass is 422 g/mol. The summed E-state index contributed by atoms with van der Waals surface area (Å²) in [5.74, 6) is -0.670. The quantitative estimate of drug-likeness (QED) is 0.515. The fourth-order valence-electron chi connectivity index (χ4n) is 3.22. The van der Waals surface area contributed by atoms with Gasteiger partial charge in [-0.3, -0.25) is 14.4 Å². The van der Waals surface area contributed by atoms with Gasteiger partial charge in [-0.15, -0.1) is 0 Å². The molecule has 31 heavy (non-hydrogen) atoms. The second kappa shape index (κ2) is 10.5. The molecule has 0 saturated carbocycles. The van der Waals surface area contributed by atoms with Gasteiger partial charge in [0.05, 0.1) is 5.39 Å². The highest BCUT2D eigenvalue weighted by Crippen LogP contribution is 2.18. The predicted octanol–water partition coefficient (Wildman–Crippen LogP) is 3.42. The van der Waals surface area contributed by atoms with Crippen LogP contribution < -0.4 is 16.2 Å². The number of hydrogen-bond acceptors (Lipinski definition) is 5. The molecule has 0 radical (unpaired) electrons. The van der Waals surface area contributed by atoms with Crippen LogP contribution in [0.4, 0.5) is 11.4 Å². The van der Waals surface area contributed by atoms with Crippen molar-refractivity contribution in [2.45, 2.75) is 32.7 Å². The van der Waals surface area contributed by atoms with E-state index in [-0.39, 0.29) is 23.8 Å². The van der Waals surface area contributed by atoms with Crippen LogP contribution in [0.25, 0.3) is 10.8 Å². The topological polar surface area (TPSA) is 102 Å². The van der Waals surface area contributed by atoms with E-state index in [9.17, 15) is 14.4 Å². The van der Waals surface area contributed by atoms with Crippen molar-refractivity contribution < 1.29 is 14.3 Å². The Bertz CT molecular complexity index is 1120. The fraction of sp³-hybridized carbons (Fsp3) is 0.304. The van der Waals surface area contributed by atoms with Gasteiger partial charge in [0.2, 0.25) is 5.91 Å². The van der Waals surface area contributed by atoms with Crippen molar-refractivity contribution in [3.05, 3.63) is 64.6 Å². The van der Waals surface area contributed by atoms with E-state index >= 15 is 0 Å². The van der Waals surface area contributed by atoms with Crippen molar-refractivity contribution in [2.75, 3.05) is 24.4 Å². The minimum absolute atomic E-state index is 0.0365. The maximum absolute atomic E-state index is 13.0. The molecule has 0 aliphatic carbocycles. The molecule has 0 spiro atoms. The van der Waals surface area contributed by atoms with E-state index in [1.165, 1.54) is 11.8 Å². The number of ether oxygens (including phenoxy) is 1. The Morgan fingerprint density at radius 1 is 0.968 bits per heavy atom.